The molecule has 0 aliphatic heterocycles. The van der Waals surface area contributed by atoms with Crippen LogP contribution in [0.5, 0.6) is 0 Å². The number of nitrogens with zero attached hydrogens (tertiary/aromatic N) is 3. The molecule has 0 radical (unpaired) electrons. The number of carbonyl (C=O) groups is 1. The van der Waals surface area contributed by atoms with Crippen LogP contribution in [-0.2, 0) is 4.79 Å². The van der Waals surface area contributed by atoms with E-state index in [2.05, 4.69) is 4.98 Å². The predicted octanol–water partition coefficient (Wildman–Crippen LogP) is 2.84. The van der Waals surface area contributed by atoms with Crippen LogP contribution in [0.15, 0.2) is 54.7 Å². The van der Waals surface area contributed by atoms with Crippen molar-refractivity contribution in [2.75, 3.05) is 0 Å². The standard InChI is InChI=1S/C17H11N3O/c18-11-14-6-4-13(5-7-14)8-9-17(21)15(12-19)16-3-1-2-10-20-16/h1-10,15H/b9-8+/t15-/m0/s1. The summed E-state index contributed by atoms with van der Waals surface area (Å²) in [5.41, 5.74) is 1.79. The van der Waals surface area contributed by atoms with E-state index in [-0.39, 0.29) is 5.78 Å². The lowest BCUT2D eigenvalue weighted by molar-refractivity contribution is -0.114. The van der Waals surface area contributed by atoms with Gasteiger partial charge in [0.25, 0.3) is 0 Å². The molecule has 21 heavy (non-hydrogen) atoms. The molecule has 1 heterocycles. The fourth-order valence-corrected chi connectivity index (χ4v) is 1.77. The van der Waals surface area contributed by atoms with Crippen LogP contribution in [0.4, 0.5) is 0 Å². The second kappa shape index (κ2) is 6.79. The van der Waals surface area contributed by atoms with Gasteiger partial charge in [0.1, 0.15) is 0 Å². The number of benzene rings is 1. The van der Waals surface area contributed by atoms with Crippen molar-refractivity contribution in [3.05, 3.63) is 71.6 Å². The molecule has 1 aromatic carbocycles. The Bertz CT molecular complexity index is 734. The van der Waals surface area contributed by atoms with Crippen molar-refractivity contribution in [3.8, 4) is 12.1 Å². The van der Waals surface area contributed by atoms with E-state index in [1.165, 1.54) is 6.08 Å². The maximum atomic E-state index is 12.1. The molecule has 0 bridgehead atoms. The molecule has 1 aromatic heterocycles. The second-order valence-electron chi connectivity index (χ2n) is 4.29. The van der Waals surface area contributed by atoms with E-state index in [0.29, 0.717) is 11.3 Å². The number of ketones is 1. The third-order valence-electron chi connectivity index (χ3n) is 2.88. The molecule has 0 saturated heterocycles. The van der Waals surface area contributed by atoms with Crippen LogP contribution in [0, 0.1) is 22.7 Å². The highest BCUT2D eigenvalue weighted by molar-refractivity contribution is 6.00. The molecule has 0 spiro atoms. The van der Waals surface area contributed by atoms with Gasteiger partial charge in [-0.3, -0.25) is 9.78 Å². The lowest BCUT2D eigenvalue weighted by atomic mass is 10.00. The van der Waals surface area contributed by atoms with Crippen molar-refractivity contribution in [2.45, 2.75) is 5.92 Å². The van der Waals surface area contributed by atoms with Gasteiger partial charge in [0, 0.05) is 6.20 Å². The van der Waals surface area contributed by atoms with Crippen molar-refractivity contribution in [1.82, 2.24) is 4.98 Å². The molecule has 1 atom stereocenters. The molecule has 2 aromatic rings. The number of nitriles is 2. The lowest BCUT2D eigenvalue weighted by Gasteiger charge is -2.03. The highest BCUT2D eigenvalue weighted by Crippen LogP contribution is 2.14. The minimum absolute atomic E-state index is 0.319. The maximum absolute atomic E-state index is 12.1. The zero-order chi connectivity index (χ0) is 15.1. The van der Waals surface area contributed by atoms with E-state index in [1.54, 1.807) is 54.7 Å². The van der Waals surface area contributed by atoms with E-state index in [1.807, 2.05) is 12.1 Å². The predicted molar refractivity (Wildman–Crippen MR) is 77.8 cm³/mol. The minimum Gasteiger partial charge on any atom is -0.293 e. The summed E-state index contributed by atoms with van der Waals surface area (Å²) in [7, 11) is 0. The summed E-state index contributed by atoms with van der Waals surface area (Å²) in [6.07, 6.45) is 4.54. The number of hydrogen-bond donors (Lipinski definition) is 0. The third-order valence-corrected chi connectivity index (χ3v) is 2.88. The van der Waals surface area contributed by atoms with Crippen molar-refractivity contribution in [1.29, 1.82) is 10.5 Å². The first kappa shape index (κ1) is 14.2. The van der Waals surface area contributed by atoms with E-state index >= 15 is 0 Å². The van der Waals surface area contributed by atoms with E-state index < -0.39 is 5.92 Å². The molecular weight excluding hydrogens is 262 g/mol. The zero-order valence-corrected chi connectivity index (χ0v) is 11.1. The molecule has 0 aliphatic carbocycles. The number of aromatic nitrogens is 1. The van der Waals surface area contributed by atoms with Crippen LogP contribution in [-0.4, -0.2) is 10.8 Å². The molecular formula is C17H11N3O. The Morgan fingerprint density at radius 1 is 1.14 bits per heavy atom. The first-order valence-electron chi connectivity index (χ1n) is 6.27. The highest BCUT2D eigenvalue weighted by Gasteiger charge is 2.18. The summed E-state index contributed by atoms with van der Waals surface area (Å²) < 4.78 is 0. The third kappa shape index (κ3) is 3.62. The Hall–Kier alpha value is -3.24. The molecule has 4 nitrogen and oxygen atoms in total. The molecule has 4 heteroatoms. The van der Waals surface area contributed by atoms with E-state index in [9.17, 15) is 4.79 Å². The van der Waals surface area contributed by atoms with E-state index in [0.717, 1.165) is 5.56 Å². The van der Waals surface area contributed by atoms with Crippen LogP contribution in [0.25, 0.3) is 6.08 Å². The van der Waals surface area contributed by atoms with Gasteiger partial charge in [0.05, 0.1) is 23.4 Å². The van der Waals surface area contributed by atoms with Gasteiger partial charge in [-0.15, -0.1) is 0 Å². The van der Waals surface area contributed by atoms with E-state index in [4.69, 9.17) is 10.5 Å². The number of allylic oxidation sites excluding steroid dienone is 1. The van der Waals surface area contributed by atoms with Crippen molar-refractivity contribution in [2.24, 2.45) is 0 Å². The average Bonchev–Trinajstić information content (AvgIpc) is 2.55. The second-order valence-corrected chi connectivity index (χ2v) is 4.29. The summed E-state index contributed by atoms with van der Waals surface area (Å²) in [4.78, 5) is 16.1. The summed E-state index contributed by atoms with van der Waals surface area (Å²) >= 11 is 0. The Morgan fingerprint density at radius 2 is 1.90 bits per heavy atom. The fraction of sp³-hybridized carbons (Fsp3) is 0.0588. The van der Waals surface area contributed by atoms with Gasteiger partial charge < -0.3 is 0 Å². The number of hydrogen-bond acceptors (Lipinski definition) is 4. The zero-order valence-electron chi connectivity index (χ0n) is 11.1. The Kier molecular flexibility index (Phi) is 4.58. The normalized spacial score (nSPS) is 11.5. The lowest BCUT2D eigenvalue weighted by Crippen LogP contribution is -2.09. The Balaban J connectivity index is 2.14. The monoisotopic (exact) mass is 273 g/mol. The smallest absolute Gasteiger partial charge is 0.178 e. The molecule has 0 saturated carbocycles. The van der Waals surface area contributed by atoms with Gasteiger partial charge >= 0.3 is 0 Å². The summed E-state index contributed by atoms with van der Waals surface area (Å²) in [6.45, 7) is 0. The molecule has 0 amide bonds. The fourth-order valence-electron chi connectivity index (χ4n) is 1.77. The molecule has 0 fully saturated rings. The van der Waals surface area contributed by atoms with Crippen LogP contribution < -0.4 is 0 Å². The minimum atomic E-state index is -0.902. The van der Waals surface area contributed by atoms with Crippen LogP contribution in [0.1, 0.15) is 22.7 Å². The van der Waals surface area contributed by atoms with Gasteiger partial charge in [-0.05, 0) is 35.9 Å². The first-order chi connectivity index (χ1) is 10.2. The number of pyridine rings is 1. The van der Waals surface area contributed by atoms with Gasteiger partial charge in [0.2, 0.25) is 0 Å². The Morgan fingerprint density at radius 3 is 2.48 bits per heavy atom. The van der Waals surface area contributed by atoms with Gasteiger partial charge in [-0.1, -0.05) is 24.3 Å². The number of rotatable bonds is 4. The van der Waals surface area contributed by atoms with Crippen molar-refractivity contribution in [3.63, 3.8) is 0 Å². The van der Waals surface area contributed by atoms with Crippen molar-refractivity contribution >= 4 is 11.9 Å². The van der Waals surface area contributed by atoms with Gasteiger partial charge in [-0.2, -0.15) is 10.5 Å². The highest BCUT2D eigenvalue weighted by atomic mass is 16.1. The molecule has 100 valence electrons. The summed E-state index contributed by atoms with van der Waals surface area (Å²) in [6, 6.07) is 15.9. The quantitative estimate of drug-likeness (QED) is 0.802. The largest absolute Gasteiger partial charge is 0.293 e. The van der Waals surface area contributed by atoms with Crippen LogP contribution in [0.3, 0.4) is 0 Å². The molecule has 0 N–H and O–H groups in total. The molecule has 0 unspecified atom stereocenters. The topological polar surface area (TPSA) is 77.5 Å². The first-order valence-corrected chi connectivity index (χ1v) is 6.27. The summed E-state index contributed by atoms with van der Waals surface area (Å²) in [5, 5.41) is 17.8. The van der Waals surface area contributed by atoms with Gasteiger partial charge in [0.15, 0.2) is 11.7 Å². The SMILES string of the molecule is N#Cc1ccc(/C=C/C(=O)[C@@H](C#N)c2ccccn2)cc1. The van der Waals surface area contributed by atoms with Crippen molar-refractivity contribution < 1.29 is 4.79 Å². The molecule has 2 rings (SSSR count). The number of carbonyl (C=O) groups excluding carboxylic acids is 1. The Labute approximate surface area is 122 Å². The van der Waals surface area contributed by atoms with Crippen LogP contribution >= 0.6 is 0 Å². The summed E-state index contributed by atoms with van der Waals surface area (Å²) in [5.74, 6) is -1.22. The van der Waals surface area contributed by atoms with Crippen LogP contribution in [0.2, 0.25) is 0 Å². The molecule has 0 aliphatic rings. The average molecular weight is 273 g/mol. The maximum Gasteiger partial charge on any atom is 0.178 e. The van der Waals surface area contributed by atoms with Gasteiger partial charge in [-0.25, -0.2) is 0 Å².